The van der Waals surface area contributed by atoms with Crippen LogP contribution in [0.25, 0.3) is 11.3 Å². The number of aromatic nitrogens is 1. The molecule has 41 heavy (non-hydrogen) atoms. The topological polar surface area (TPSA) is 97.4 Å². The van der Waals surface area contributed by atoms with Crippen LogP contribution in [0.5, 0.6) is 11.5 Å². The third-order valence-corrected chi connectivity index (χ3v) is 9.03. The first-order chi connectivity index (χ1) is 19.6. The summed E-state index contributed by atoms with van der Waals surface area (Å²) in [6.07, 6.45) is 0. The number of halogens is 4. The normalized spacial score (nSPS) is 11.2. The number of sulfonamides is 1. The first kappa shape index (κ1) is 29.2. The second-order valence-corrected chi connectivity index (χ2v) is 12.6. The fraction of sp³-hybridized carbons (Fsp3) is 0. The average molecular weight is 665 g/mol. The molecule has 0 aliphatic heterocycles. The number of amides is 1. The van der Waals surface area contributed by atoms with E-state index < -0.39 is 15.9 Å². The van der Waals surface area contributed by atoms with Crippen molar-refractivity contribution in [3.8, 4) is 22.8 Å². The number of nitrogens with zero attached hydrogens (tertiary/aromatic N) is 1. The molecule has 0 aliphatic carbocycles. The van der Waals surface area contributed by atoms with Crippen molar-refractivity contribution in [2.75, 3.05) is 10.0 Å². The Morgan fingerprint density at radius 3 is 2.32 bits per heavy atom. The zero-order valence-electron chi connectivity index (χ0n) is 20.6. The summed E-state index contributed by atoms with van der Waals surface area (Å²) in [6, 6.07) is 22.0. The van der Waals surface area contributed by atoms with Gasteiger partial charge in [-0.15, -0.1) is 11.3 Å². The number of ether oxygens (including phenoxy) is 1. The molecule has 0 radical (unpaired) electrons. The molecule has 0 spiro atoms. The maximum atomic E-state index is 13.2. The van der Waals surface area contributed by atoms with Crippen LogP contribution in [0.3, 0.4) is 0 Å². The van der Waals surface area contributed by atoms with Gasteiger partial charge in [0.1, 0.15) is 11.5 Å². The van der Waals surface area contributed by atoms with E-state index in [4.69, 9.17) is 51.1 Å². The highest BCUT2D eigenvalue weighted by Gasteiger charge is 2.21. The molecule has 0 saturated carbocycles. The molecule has 0 aliphatic rings. The van der Waals surface area contributed by atoms with Gasteiger partial charge in [-0.3, -0.25) is 14.8 Å². The summed E-state index contributed by atoms with van der Waals surface area (Å²) >= 11 is 25.5. The number of carbonyl (C=O) groups excluding carboxylic acids is 1. The Labute approximate surface area is 259 Å². The first-order valence-electron chi connectivity index (χ1n) is 11.7. The smallest absolute Gasteiger partial charge is 0.261 e. The summed E-state index contributed by atoms with van der Waals surface area (Å²) in [4.78, 5) is 17.6. The van der Waals surface area contributed by atoms with Crippen LogP contribution in [0, 0.1) is 0 Å². The molecule has 5 aromatic rings. The predicted molar refractivity (Wildman–Crippen MR) is 166 cm³/mol. The number of carbonyl (C=O) groups is 1. The number of benzene rings is 4. The molecular formula is C28H17Cl4N3O4S2. The van der Waals surface area contributed by atoms with Crippen LogP contribution in [-0.2, 0) is 10.0 Å². The van der Waals surface area contributed by atoms with Gasteiger partial charge in [0, 0.05) is 16.0 Å². The molecule has 0 unspecified atom stereocenters. The van der Waals surface area contributed by atoms with Crippen LogP contribution in [0.4, 0.5) is 10.8 Å². The van der Waals surface area contributed by atoms with Gasteiger partial charge < -0.3 is 4.74 Å². The third kappa shape index (κ3) is 6.95. The Hall–Kier alpha value is -3.31. The van der Waals surface area contributed by atoms with Crippen molar-refractivity contribution >= 4 is 84.5 Å². The Balaban J connectivity index is 1.33. The molecule has 5 rings (SSSR count). The highest BCUT2D eigenvalue weighted by Crippen LogP contribution is 2.32. The highest BCUT2D eigenvalue weighted by molar-refractivity contribution is 7.92. The van der Waals surface area contributed by atoms with Gasteiger partial charge in [-0.05, 0) is 66.7 Å². The number of hydrogen-bond acceptors (Lipinski definition) is 6. The minimum atomic E-state index is -4.08. The molecule has 0 saturated heterocycles. The Morgan fingerprint density at radius 2 is 1.59 bits per heavy atom. The lowest BCUT2D eigenvalue weighted by Crippen LogP contribution is -2.18. The van der Waals surface area contributed by atoms with Gasteiger partial charge in [0.15, 0.2) is 5.13 Å². The SMILES string of the molecule is O=C(Nc1nc(-c2ccc(Cl)c(Cl)c2)cs1)c1cc(Cl)ccc1NS(=O)(=O)c1ccc(Oc2ccccc2Cl)cc1. The summed E-state index contributed by atoms with van der Waals surface area (Å²) in [7, 11) is -4.08. The summed E-state index contributed by atoms with van der Waals surface area (Å²) in [5.41, 5.74) is 1.34. The van der Waals surface area contributed by atoms with Crippen molar-refractivity contribution in [3.05, 3.63) is 116 Å². The van der Waals surface area contributed by atoms with Gasteiger partial charge in [0.05, 0.1) is 36.9 Å². The molecule has 208 valence electrons. The van der Waals surface area contributed by atoms with Crippen molar-refractivity contribution < 1.29 is 17.9 Å². The quantitative estimate of drug-likeness (QED) is 0.172. The number of rotatable bonds is 8. The van der Waals surface area contributed by atoms with E-state index >= 15 is 0 Å². The maximum Gasteiger partial charge on any atom is 0.261 e. The highest BCUT2D eigenvalue weighted by atomic mass is 35.5. The minimum absolute atomic E-state index is 0.00559. The van der Waals surface area contributed by atoms with Crippen LogP contribution in [0.1, 0.15) is 10.4 Å². The summed E-state index contributed by atoms with van der Waals surface area (Å²) in [5, 5.41) is 6.18. The fourth-order valence-electron chi connectivity index (χ4n) is 3.62. The van der Waals surface area contributed by atoms with E-state index in [-0.39, 0.29) is 21.2 Å². The monoisotopic (exact) mass is 663 g/mol. The second kappa shape index (κ2) is 12.3. The first-order valence-corrected chi connectivity index (χ1v) is 15.5. The lowest BCUT2D eigenvalue weighted by molar-refractivity contribution is 0.102. The van der Waals surface area contributed by atoms with Crippen molar-refractivity contribution in [3.63, 3.8) is 0 Å². The van der Waals surface area contributed by atoms with Crippen LogP contribution in [0.15, 0.2) is 95.2 Å². The molecule has 0 atom stereocenters. The average Bonchev–Trinajstić information content (AvgIpc) is 3.41. The van der Waals surface area contributed by atoms with Crippen molar-refractivity contribution in [2.24, 2.45) is 0 Å². The molecule has 1 aromatic heterocycles. The number of anilines is 2. The van der Waals surface area contributed by atoms with Crippen LogP contribution in [-0.4, -0.2) is 19.3 Å². The molecule has 7 nitrogen and oxygen atoms in total. The minimum Gasteiger partial charge on any atom is -0.456 e. The number of para-hydroxylation sites is 1. The van der Waals surface area contributed by atoms with Gasteiger partial charge in [0.2, 0.25) is 0 Å². The fourth-order valence-corrected chi connectivity index (χ4v) is 6.06. The van der Waals surface area contributed by atoms with Crippen LogP contribution >= 0.6 is 57.7 Å². The van der Waals surface area contributed by atoms with Gasteiger partial charge in [-0.25, -0.2) is 13.4 Å². The van der Waals surface area contributed by atoms with E-state index in [1.165, 1.54) is 53.8 Å². The van der Waals surface area contributed by atoms with Gasteiger partial charge in [-0.1, -0.05) is 64.6 Å². The van der Waals surface area contributed by atoms with E-state index in [1.807, 2.05) is 0 Å². The molecule has 2 N–H and O–H groups in total. The molecule has 0 bridgehead atoms. The zero-order chi connectivity index (χ0) is 29.1. The summed E-state index contributed by atoms with van der Waals surface area (Å²) < 4.78 is 34.6. The van der Waals surface area contributed by atoms with Gasteiger partial charge in [-0.2, -0.15) is 0 Å². The number of thiazole rings is 1. The largest absolute Gasteiger partial charge is 0.456 e. The van der Waals surface area contributed by atoms with Crippen molar-refractivity contribution in [1.82, 2.24) is 4.98 Å². The van der Waals surface area contributed by atoms with E-state index in [2.05, 4.69) is 15.0 Å². The Bertz CT molecular complexity index is 1860. The zero-order valence-corrected chi connectivity index (χ0v) is 25.2. The standard InChI is InChI=1S/C28H17Cl4N3O4S2/c29-17-6-12-24(35-41(37,38)19-9-7-18(8-10-19)39-26-4-2-1-3-22(26)31)20(14-17)27(36)34-28-33-25(15-40-28)16-5-11-21(30)23(32)13-16/h1-15,35H,(H,33,34,36). The molecular weight excluding hydrogens is 648 g/mol. The molecule has 4 aromatic carbocycles. The molecule has 13 heteroatoms. The third-order valence-electron chi connectivity index (χ3n) is 5.61. The van der Waals surface area contributed by atoms with Gasteiger partial charge in [0.25, 0.3) is 15.9 Å². The van der Waals surface area contributed by atoms with Gasteiger partial charge >= 0.3 is 0 Å². The van der Waals surface area contributed by atoms with E-state index in [9.17, 15) is 13.2 Å². The lowest BCUT2D eigenvalue weighted by atomic mass is 10.1. The molecule has 0 fully saturated rings. The summed E-state index contributed by atoms with van der Waals surface area (Å²) in [5.74, 6) is 0.222. The molecule has 1 heterocycles. The number of hydrogen-bond donors (Lipinski definition) is 2. The van der Waals surface area contributed by atoms with E-state index in [0.717, 1.165) is 5.56 Å². The van der Waals surface area contributed by atoms with E-state index in [1.54, 1.807) is 47.8 Å². The van der Waals surface area contributed by atoms with E-state index in [0.29, 0.717) is 37.4 Å². The summed E-state index contributed by atoms with van der Waals surface area (Å²) in [6.45, 7) is 0. The Morgan fingerprint density at radius 1 is 0.829 bits per heavy atom. The van der Waals surface area contributed by atoms with Crippen LogP contribution < -0.4 is 14.8 Å². The Kier molecular flexibility index (Phi) is 8.74. The van der Waals surface area contributed by atoms with Crippen LogP contribution in [0.2, 0.25) is 20.1 Å². The molecule has 1 amide bonds. The van der Waals surface area contributed by atoms with Crippen molar-refractivity contribution in [2.45, 2.75) is 4.90 Å². The maximum absolute atomic E-state index is 13.2. The second-order valence-electron chi connectivity index (χ2n) is 8.42. The predicted octanol–water partition coefficient (Wildman–Crippen LogP) is 9.27. The number of nitrogens with one attached hydrogen (secondary N) is 2. The lowest BCUT2D eigenvalue weighted by Gasteiger charge is -2.13. The van der Waals surface area contributed by atoms with Crippen molar-refractivity contribution in [1.29, 1.82) is 0 Å².